The van der Waals surface area contributed by atoms with Crippen LogP contribution in [-0.4, -0.2) is 45.5 Å². The van der Waals surface area contributed by atoms with E-state index in [0.717, 1.165) is 0 Å². The first-order valence-corrected chi connectivity index (χ1v) is 9.82. The number of rotatable bonds is 2. The van der Waals surface area contributed by atoms with Crippen LogP contribution >= 0.6 is 0 Å². The van der Waals surface area contributed by atoms with Crippen LogP contribution in [0.3, 0.4) is 0 Å². The van der Waals surface area contributed by atoms with Crippen LogP contribution in [0, 0.1) is 0 Å². The Morgan fingerprint density at radius 2 is 0.875 bits per heavy atom. The lowest BCUT2D eigenvalue weighted by Crippen LogP contribution is -1.97. The molecule has 0 radical (unpaired) electrons. The van der Waals surface area contributed by atoms with Gasteiger partial charge in [0.05, 0.1) is 12.1 Å². The van der Waals surface area contributed by atoms with Crippen molar-refractivity contribution in [1.29, 1.82) is 0 Å². The summed E-state index contributed by atoms with van der Waals surface area (Å²) in [5.41, 5.74) is 0. The first-order chi connectivity index (χ1) is 6.83. The van der Waals surface area contributed by atoms with Crippen molar-refractivity contribution in [3.05, 3.63) is 0 Å². The Bertz CT molecular complexity index is 355. The molecule has 0 fully saturated rings. The normalized spacial score (nSPS) is 12.1. The van der Waals surface area contributed by atoms with Crippen molar-refractivity contribution in [3.63, 3.8) is 0 Å². The van der Waals surface area contributed by atoms with E-state index < -0.39 is 19.5 Å². The van der Waals surface area contributed by atoms with E-state index in [0.29, 0.717) is 0 Å². The Labute approximate surface area is 102 Å². The summed E-state index contributed by atoms with van der Waals surface area (Å²) in [4.78, 5) is 0. The molecule has 6 heteroatoms. The molecule has 0 aromatic heterocycles. The molecule has 100 valence electrons. The molecule has 0 N–H and O–H groups in total. The van der Waals surface area contributed by atoms with Crippen molar-refractivity contribution >= 4 is 19.5 Å². The van der Waals surface area contributed by atoms with Crippen LogP contribution in [-0.2, 0) is 19.5 Å². The molecule has 0 bridgehead atoms. The minimum absolute atomic E-state index is 0.192. The Balaban J connectivity index is 0. The average Bonchev–Trinajstić information content (AvgIpc) is 1.72. The molecule has 0 atom stereocenters. The van der Waals surface area contributed by atoms with Crippen LogP contribution in [0.5, 0.6) is 0 Å². The minimum atomic E-state index is -1.85. The fraction of sp³-hybridized carbons (Fsp3) is 1.00. The molecule has 0 heterocycles. The predicted octanol–water partition coefficient (Wildman–Crippen LogP) is 2.24. The van der Waals surface area contributed by atoms with E-state index in [1.54, 1.807) is 25.0 Å². The monoisotopic (exact) mass is 270 g/mol. The fourth-order valence-corrected chi connectivity index (χ4v) is 3.05. The summed E-state index contributed by atoms with van der Waals surface area (Å²) < 4.78 is 29.5. The van der Waals surface area contributed by atoms with Gasteiger partial charge in [-0.05, 0) is 27.7 Å². The van der Waals surface area contributed by atoms with Gasteiger partial charge < -0.3 is 0 Å². The van der Waals surface area contributed by atoms with Crippen molar-refractivity contribution < 1.29 is 8.42 Å². The highest BCUT2D eigenvalue weighted by molar-refractivity contribution is 7.92. The SMILES string of the molecule is CC(C)N=S(C)(C)=O.CC(C)N=S(C)(C)=O. The van der Waals surface area contributed by atoms with Gasteiger partial charge in [0.2, 0.25) is 0 Å². The summed E-state index contributed by atoms with van der Waals surface area (Å²) in [6, 6.07) is 0.384. The molecule has 0 aliphatic heterocycles. The summed E-state index contributed by atoms with van der Waals surface area (Å²) >= 11 is 0. The largest absolute Gasteiger partial charge is 0.250 e. The van der Waals surface area contributed by atoms with Gasteiger partial charge in [-0.3, -0.25) is 8.42 Å². The van der Waals surface area contributed by atoms with Gasteiger partial charge in [-0.2, -0.15) is 0 Å². The summed E-state index contributed by atoms with van der Waals surface area (Å²) in [6.45, 7) is 7.69. The summed E-state index contributed by atoms with van der Waals surface area (Å²) in [5.74, 6) is 0. The molecule has 0 unspecified atom stereocenters. The Morgan fingerprint density at radius 1 is 0.688 bits per heavy atom. The quantitative estimate of drug-likeness (QED) is 0.772. The Kier molecular flexibility index (Phi) is 8.30. The molecule has 0 amide bonds. The van der Waals surface area contributed by atoms with E-state index >= 15 is 0 Å². The fourth-order valence-electron chi connectivity index (χ4n) is 1.02. The summed E-state index contributed by atoms with van der Waals surface area (Å²) in [5, 5.41) is 0. The van der Waals surface area contributed by atoms with Crippen molar-refractivity contribution in [1.82, 2.24) is 0 Å². The smallest absolute Gasteiger partial charge is 0.0537 e. The molecule has 0 aromatic carbocycles. The first-order valence-electron chi connectivity index (χ1n) is 5.16. The molecule has 0 spiro atoms. The third-order valence-corrected chi connectivity index (χ3v) is 2.79. The maximum atomic E-state index is 10.8. The third-order valence-electron chi connectivity index (χ3n) is 0.929. The molecule has 0 aliphatic carbocycles. The standard InChI is InChI=1S/2C5H13NOS/c2*1-5(2)6-8(3,4)7/h2*5H,1-4H3. The Hall–Kier alpha value is -0.100. The zero-order chi connectivity index (χ0) is 13.6. The summed E-state index contributed by atoms with van der Waals surface area (Å²) in [7, 11) is -3.70. The van der Waals surface area contributed by atoms with E-state index in [1.165, 1.54) is 0 Å². The van der Waals surface area contributed by atoms with Crippen LogP contribution in [0.2, 0.25) is 0 Å². The number of hydrogen-bond donors (Lipinski definition) is 0. The Morgan fingerprint density at radius 3 is 0.875 bits per heavy atom. The van der Waals surface area contributed by atoms with E-state index in [-0.39, 0.29) is 12.1 Å². The van der Waals surface area contributed by atoms with Gasteiger partial charge in [-0.1, -0.05) is 0 Å². The number of hydrogen-bond acceptors (Lipinski definition) is 4. The van der Waals surface area contributed by atoms with Gasteiger partial charge >= 0.3 is 0 Å². The van der Waals surface area contributed by atoms with E-state index in [2.05, 4.69) is 8.73 Å². The van der Waals surface area contributed by atoms with Gasteiger partial charge in [0, 0.05) is 44.5 Å². The zero-order valence-electron chi connectivity index (χ0n) is 11.7. The second kappa shape index (κ2) is 7.27. The van der Waals surface area contributed by atoms with Gasteiger partial charge in [-0.15, -0.1) is 0 Å². The molecule has 16 heavy (non-hydrogen) atoms. The van der Waals surface area contributed by atoms with Crippen LogP contribution in [0.1, 0.15) is 27.7 Å². The van der Waals surface area contributed by atoms with E-state index in [4.69, 9.17) is 0 Å². The molecule has 0 aliphatic rings. The highest BCUT2D eigenvalue weighted by atomic mass is 32.2. The maximum Gasteiger partial charge on any atom is 0.0537 e. The van der Waals surface area contributed by atoms with Crippen molar-refractivity contribution in [2.75, 3.05) is 25.0 Å². The van der Waals surface area contributed by atoms with Crippen LogP contribution < -0.4 is 0 Å². The average molecular weight is 270 g/mol. The first kappa shape index (κ1) is 18.3. The molecule has 0 rings (SSSR count). The zero-order valence-corrected chi connectivity index (χ0v) is 13.3. The van der Waals surface area contributed by atoms with E-state index in [1.807, 2.05) is 27.7 Å². The highest BCUT2D eigenvalue weighted by Gasteiger charge is 1.91. The van der Waals surface area contributed by atoms with Crippen LogP contribution in [0.25, 0.3) is 0 Å². The summed E-state index contributed by atoms with van der Waals surface area (Å²) in [6.07, 6.45) is 6.58. The lowest BCUT2D eigenvalue weighted by molar-refractivity contribution is 0.677. The van der Waals surface area contributed by atoms with Gasteiger partial charge in [0.1, 0.15) is 0 Å². The van der Waals surface area contributed by atoms with Crippen molar-refractivity contribution in [3.8, 4) is 0 Å². The van der Waals surface area contributed by atoms with Gasteiger partial charge in [-0.25, -0.2) is 8.73 Å². The second-order valence-corrected chi connectivity index (χ2v) is 9.91. The van der Waals surface area contributed by atoms with Crippen molar-refractivity contribution in [2.24, 2.45) is 8.73 Å². The van der Waals surface area contributed by atoms with Crippen molar-refractivity contribution in [2.45, 2.75) is 39.8 Å². The molecular weight excluding hydrogens is 244 g/mol. The molecule has 0 saturated heterocycles. The van der Waals surface area contributed by atoms with Crippen LogP contribution in [0.15, 0.2) is 8.73 Å². The molecule has 0 saturated carbocycles. The highest BCUT2D eigenvalue weighted by Crippen LogP contribution is 1.91. The predicted molar refractivity (Wildman–Crippen MR) is 75.1 cm³/mol. The minimum Gasteiger partial charge on any atom is -0.250 e. The maximum absolute atomic E-state index is 10.8. The lowest BCUT2D eigenvalue weighted by Gasteiger charge is -1.96. The second-order valence-electron chi connectivity index (χ2n) is 4.76. The molecular formula is C10H26N2O2S2. The molecule has 0 aromatic rings. The van der Waals surface area contributed by atoms with Gasteiger partial charge in [0.15, 0.2) is 0 Å². The van der Waals surface area contributed by atoms with Gasteiger partial charge in [0.25, 0.3) is 0 Å². The topological polar surface area (TPSA) is 58.9 Å². The number of nitrogens with zero attached hydrogens (tertiary/aromatic N) is 2. The lowest BCUT2D eigenvalue weighted by atomic mass is 10.4. The molecule has 4 nitrogen and oxygen atoms in total. The van der Waals surface area contributed by atoms with Crippen LogP contribution in [0.4, 0.5) is 0 Å². The van der Waals surface area contributed by atoms with E-state index in [9.17, 15) is 8.42 Å². The third kappa shape index (κ3) is 23.6.